The van der Waals surface area contributed by atoms with Gasteiger partial charge in [0, 0.05) is 70.5 Å². The van der Waals surface area contributed by atoms with Gasteiger partial charge in [-0.05, 0) is 151 Å². The van der Waals surface area contributed by atoms with Crippen LogP contribution in [0.2, 0.25) is 0 Å². The number of aryl methyl sites for hydroxylation is 3. The summed E-state index contributed by atoms with van der Waals surface area (Å²) in [5, 5.41) is 5.28. The van der Waals surface area contributed by atoms with E-state index in [1.165, 1.54) is 150 Å². The van der Waals surface area contributed by atoms with Gasteiger partial charge in [0.2, 0.25) is 0 Å². The molecule has 0 saturated heterocycles. The molecule has 69 heavy (non-hydrogen) atoms. The molecule has 14 rings (SSSR count). The molecule has 3 nitrogen and oxygen atoms in total. The zero-order chi connectivity index (χ0) is 46.9. The van der Waals surface area contributed by atoms with Crippen molar-refractivity contribution in [3.05, 3.63) is 173 Å². The van der Waals surface area contributed by atoms with Gasteiger partial charge in [0.05, 0.1) is 26.3 Å². The molecule has 5 heterocycles. The van der Waals surface area contributed by atoms with Gasteiger partial charge in [-0.25, -0.2) is 0 Å². The molecule has 1 fully saturated rings. The minimum Gasteiger partial charge on any atom is -0.334 e. The Kier molecular flexibility index (Phi) is 8.67. The average molecular weight is 930 g/mol. The van der Waals surface area contributed by atoms with Crippen LogP contribution in [0.15, 0.2) is 146 Å². The maximum absolute atomic E-state index is 2.80. The van der Waals surface area contributed by atoms with E-state index in [-0.39, 0.29) is 23.1 Å². The standard InChI is InChI=1S/C63H56BN3S2/c1-37-31-39(3)57-52(32-37)67(63(8)30-14-13-29-62(57,63)7)41-26-28-47-51(36-41)66(49-22-16-20-45-43-18-10-12-24-56(43)69-60(45)49)54-34-38(2)33-53-58(54)64(47)46-27-25-40(61(4,5)6)35-50(46)65(53)48-21-15-19-44-42-17-9-11-23-55(42)68-59(44)48/h9-12,15-28,31-36H,13-14,29-30H2,1-8H3. The third-order valence-electron chi connectivity index (χ3n) is 17.1. The van der Waals surface area contributed by atoms with E-state index in [0.29, 0.717) is 0 Å². The van der Waals surface area contributed by atoms with Crippen molar-refractivity contribution in [2.75, 3.05) is 14.7 Å². The predicted molar refractivity (Wildman–Crippen MR) is 302 cm³/mol. The summed E-state index contributed by atoms with van der Waals surface area (Å²) in [6.07, 6.45) is 4.89. The van der Waals surface area contributed by atoms with E-state index in [1.54, 1.807) is 5.56 Å². The van der Waals surface area contributed by atoms with Crippen molar-refractivity contribution in [1.82, 2.24) is 0 Å². The zero-order valence-corrected chi connectivity index (χ0v) is 42.6. The molecule has 338 valence electrons. The molecule has 0 radical (unpaired) electrons. The molecule has 0 spiro atoms. The molecular formula is C63H56BN3S2. The van der Waals surface area contributed by atoms with Gasteiger partial charge in [0.15, 0.2) is 0 Å². The van der Waals surface area contributed by atoms with Crippen molar-refractivity contribution in [1.29, 1.82) is 0 Å². The highest BCUT2D eigenvalue weighted by molar-refractivity contribution is 7.27. The largest absolute Gasteiger partial charge is 0.334 e. The van der Waals surface area contributed by atoms with Crippen LogP contribution in [-0.2, 0) is 10.8 Å². The third-order valence-corrected chi connectivity index (χ3v) is 19.5. The van der Waals surface area contributed by atoms with E-state index in [0.717, 1.165) is 0 Å². The fourth-order valence-electron chi connectivity index (χ4n) is 13.8. The molecular weight excluding hydrogens is 874 g/mol. The second-order valence-corrected chi connectivity index (χ2v) is 24.3. The number of nitrogens with zero attached hydrogens (tertiary/aromatic N) is 3. The Bertz CT molecular complexity index is 3850. The van der Waals surface area contributed by atoms with E-state index in [1.807, 2.05) is 22.7 Å². The summed E-state index contributed by atoms with van der Waals surface area (Å²) >= 11 is 3.85. The van der Waals surface area contributed by atoms with Gasteiger partial charge in [0.1, 0.15) is 0 Å². The lowest BCUT2D eigenvalue weighted by atomic mass is 9.33. The molecule has 1 aliphatic carbocycles. The number of fused-ring (bicyclic) bond motifs is 13. The van der Waals surface area contributed by atoms with E-state index in [9.17, 15) is 0 Å². The predicted octanol–water partition coefficient (Wildman–Crippen LogP) is 16.5. The lowest BCUT2D eigenvalue weighted by Crippen LogP contribution is -2.61. The summed E-state index contributed by atoms with van der Waals surface area (Å²) in [5.41, 5.74) is 21.2. The van der Waals surface area contributed by atoms with Gasteiger partial charge in [-0.15, -0.1) is 22.7 Å². The number of hydrogen-bond acceptors (Lipinski definition) is 5. The average Bonchev–Trinajstić information content (AvgIpc) is 3.97. The van der Waals surface area contributed by atoms with Crippen LogP contribution in [-0.4, -0.2) is 12.3 Å². The number of thiophene rings is 2. The number of hydrogen-bond donors (Lipinski definition) is 0. The Morgan fingerprint density at radius 1 is 0.507 bits per heavy atom. The van der Waals surface area contributed by atoms with E-state index in [2.05, 4.69) is 216 Å². The Morgan fingerprint density at radius 2 is 1.04 bits per heavy atom. The third kappa shape index (κ3) is 5.62. The summed E-state index contributed by atoms with van der Waals surface area (Å²) in [6, 6.07) is 56.9. The van der Waals surface area contributed by atoms with Gasteiger partial charge in [-0.1, -0.05) is 125 Å². The monoisotopic (exact) mass is 929 g/mol. The molecule has 2 unspecified atom stereocenters. The summed E-state index contributed by atoms with van der Waals surface area (Å²) in [6.45, 7) is 19.2. The fraction of sp³-hybridized carbons (Fsp3) is 0.238. The molecule has 3 aliphatic heterocycles. The highest BCUT2D eigenvalue weighted by Crippen LogP contribution is 2.62. The minimum atomic E-state index is -0.0675. The Labute approximate surface area is 414 Å². The lowest BCUT2D eigenvalue weighted by Gasteiger charge is -2.51. The van der Waals surface area contributed by atoms with Crippen LogP contribution in [0.1, 0.15) is 88.1 Å². The van der Waals surface area contributed by atoms with Gasteiger partial charge in [-0.3, -0.25) is 0 Å². The van der Waals surface area contributed by atoms with Crippen LogP contribution in [0.5, 0.6) is 0 Å². The van der Waals surface area contributed by atoms with Crippen LogP contribution in [0, 0.1) is 20.8 Å². The first-order valence-electron chi connectivity index (χ1n) is 25.1. The molecule has 0 amide bonds. The second kappa shape index (κ2) is 14.4. The molecule has 8 aromatic carbocycles. The number of anilines is 8. The molecule has 10 aromatic rings. The summed E-state index contributed by atoms with van der Waals surface area (Å²) in [7, 11) is 0. The lowest BCUT2D eigenvalue weighted by molar-refractivity contribution is 0.194. The van der Waals surface area contributed by atoms with Crippen LogP contribution in [0.3, 0.4) is 0 Å². The van der Waals surface area contributed by atoms with Crippen molar-refractivity contribution in [2.24, 2.45) is 0 Å². The molecule has 4 aliphatic rings. The quantitative estimate of drug-likeness (QED) is 0.164. The van der Waals surface area contributed by atoms with Crippen molar-refractivity contribution in [3.8, 4) is 0 Å². The van der Waals surface area contributed by atoms with E-state index < -0.39 is 0 Å². The summed E-state index contributed by atoms with van der Waals surface area (Å²) in [5.74, 6) is 0. The maximum atomic E-state index is 2.80. The number of rotatable bonds is 3. The first kappa shape index (κ1) is 41.6. The Balaban J connectivity index is 1.09. The zero-order valence-electron chi connectivity index (χ0n) is 40.9. The second-order valence-electron chi connectivity index (χ2n) is 22.2. The van der Waals surface area contributed by atoms with Crippen molar-refractivity contribution < 1.29 is 0 Å². The van der Waals surface area contributed by atoms with Crippen LogP contribution >= 0.6 is 22.7 Å². The molecule has 0 N–H and O–H groups in total. The van der Waals surface area contributed by atoms with Crippen molar-refractivity contribution >= 4 is 132 Å². The van der Waals surface area contributed by atoms with Gasteiger partial charge in [-0.2, -0.15) is 0 Å². The minimum absolute atomic E-state index is 0.0188. The van der Waals surface area contributed by atoms with Crippen LogP contribution < -0.4 is 31.1 Å². The van der Waals surface area contributed by atoms with Crippen LogP contribution in [0.25, 0.3) is 40.3 Å². The number of benzene rings is 8. The highest BCUT2D eigenvalue weighted by atomic mass is 32.1. The first-order chi connectivity index (χ1) is 33.3. The SMILES string of the molecule is Cc1cc2c3c(c1)N(c1cccc4c1sc1ccccc14)c1cc(C(C)(C)C)ccc1B3c1ccc(N3c4cc(C)cc(C)c4C4(C)CCCCC34C)cc1N2c1cccc2c1sc1ccccc12. The van der Waals surface area contributed by atoms with E-state index in [4.69, 9.17) is 0 Å². The first-order valence-corrected chi connectivity index (χ1v) is 26.7. The van der Waals surface area contributed by atoms with Gasteiger partial charge < -0.3 is 14.7 Å². The molecule has 2 atom stereocenters. The van der Waals surface area contributed by atoms with Gasteiger partial charge in [0.25, 0.3) is 6.71 Å². The summed E-state index contributed by atoms with van der Waals surface area (Å²) < 4.78 is 5.30. The summed E-state index contributed by atoms with van der Waals surface area (Å²) in [4.78, 5) is 8.14. The topological polar surface area (TPSA) is 9.72 Å². The Hall–Kier alpha value is -6.34. The normalized spacial score (nSPS) is 19.4. The maximum Gasteiger partial charge on any atom is 0.252 e. The highest BCUT2D eigenvalue weighted by Gasteiger charge is 2.58. The molecule has 2 aromatic heterocycles. The fourth-order valence-corrected chi connectivity index (χ4v) is 16.2. The molecule has 0 bridgehead atoms. The molecule has 6 heteroatoms. The Morgan fingerprint density at radius 3 is 1.67 bits per heavy atom. The smallest absolute Gasteiger partial charge is 0.252 e. The van der Waals surface area contributed by atoms with Crippen molar-refractivity contribution in [3.63, 3.8) is 0 Å². The van der Waals surface area contributed by atoms with Crippen molar-refractivity contribution in [2.45, 2.75) is 97.4 Å². The van der Waals surface area contributed by atoms with Gasteiger partial charge >= 0.3 is 0 Å². The van der Waals surface area contributed by atoms with Crippen LogP contribution in [0.4, 0.5) is 45.5 Å². The molecule has 1 saturated carbocycles. The van der Waals surface area contributed by atoms with E-state index >= 15 is 0 Å².